The van der Waals surface area contributed by atoms with E-state index >= 15 is 0 Å². The van der Waals surface area contributed by atoms with E-state index in [9.17, 15) is 14.7 Å². The van der Waals surface area contributed by atoms with Gasteiger partial charge in [0, 0.05) is 6.16 Å². The average Bonchev–Trinajstić information content (AvgIpc) is 1.85. The molecule has 0 aliphatic carbocycles. The first-order valence-corrected chi connectivity index (χ1v) is 5.80. The molecule has 0 atom stereocenters. The Morgan fingerprint density at radius 3 is 1.83 bits per heavy atom. The summed E-state index contributed by atoms with van der Waals surface area (Å²) in [6.45, 7) is 2.09. The smallest absolute Gasteiger partial charge is 0.688 e. The van der Waals surface area contributed by atoms with Crippen LogP contribution in [0.5, 0.6) is 0 Å². The van der Waals surface area contributed by atoms with Crippen molar-refractivity contribution in [2.24, 2.45) is 0 Å². The molecule has 0 spiro atoms. The molecule has 0 aromatic carbocycles. The Balaban J connectivity index is 0. The zero-order valence-electron chi connectivity index (χ0n) is 7.62. The molecule has 0 rings (SSSR count). The van der Waals surface area contributed by atoms with Crippen molar-refractivity contribution >= 4 is 31.0 Å². The van der Waals surface area contributed by atoms with Crippen molar-refractivity contribution in [2.75, 3.05) is 6.16 Å². The minimum Gasteiger partial charge on any atom is -0.688 e. The van der Waals surface area contributed by atoms with Crippen LogP contribution in [0.15, 0.2) is 0 Å². The van der Waals surface area contributed by atoms with E-state index in [4.69, 9.17) is 0 Å². The zero-order valence-corrected chi connectivity index (χ0v) is 9.93. The van der Waals surface area contributed by atoms with E-state index in [-0.39, 0.29) is 29.2 Å². The van der Waals surface area contributed by atoms with Crippen LogP contribution in [0.1, 0.15) is 39.0 Å². The van der Waals surface area contributed by atoms with Crippen LogP contribution >= 0.6 is 7.94 Å². The summed E-state index contributed by atoms with van der Waals surface area (Å²) in [5.74, 6) is 0. The molecule has 0 heterocycles. The Hall–Kier alpha value is 1.08. The summed E-state index contributed by atoms with van der Waals surface area (Å²) in [6, 6.07) is 0. The van der Waals surface area contributed by atoms with E-state index in [0.717, 1.165) is 25.7 Å². The average molecular weight is 202 g/mol. The second-order valence-electron chi connectivity index (χ2n) is 2.75. The van der Waals surface area contributed by atoms with Gasteiger partial charge in [0.15, 0.2) is 0 Å². The maximum atomic E-state index is 10.1. The van der Waals surface area contributed by atoms with Crippen LogP contribution in [-0.4, -0.2) is 29.2 Å². The van der Waals surface area contributed by atoms with Crippen LogP contribution in [0.2, 0.25) is 0 Å². The molecule has 0 fully saturated rings. The van der Waals surface area contributed by atoms with Crippen molar-refractivity contribution in [3.8, 4) is 0 Å². The molecule has 12 heavy (non-hydrogen) atoms. The second-order valence-corrected chi connectivity index (χ2v) is 4.42. The van der Waals surface area contributed by atoms with E-state index in [2.05, 4.69) is 6.92 Å². The molecule has 0 bridgehead atoms. The predicted molar refractivity (Wildman–Crippen MR) is 46.3 cm³/mol. The van der Waals surface area contributed by atoms with Gasteiger partial charge >= 0.3 is 23.1 Å². The van der Waals surface area contributed by atoms with Gasteiger partial charge in [-0.15, -0.1) is 0 Å². The molecule has 0 amide bonds. The molecule has 0 radical (unpaired) electrons. The van der Waals surface area contributed by atoms with Gasteiger partial charge in [0.1, 0.15) is 0 Å². The molecule has 0 saturated heterocycles. The summed E-state index contributed by atoms with van der Waals surface area (Å²) < 4.78 is 0. The number of hydrogen-bond acceptors (Lipinski definition) is 3. The van der Waals surface area contributed by atoms with Crippen molar-refractivity contribution in [3.05, 3.63) is 0 Å². The summed E-state index contributed by atoms with van der Waals surface area (Å²) in [6.07, 6.45) is 4.52. The molecule has 68 valence electrons. The molecular weight excluding hydrogens is 187 g/mol. The van der Waals surface area contributed by atoms with Gasteiger partial charge in [-0.25, -0.2) is 0 Å². The van der Waals surface area contributed by atoms with Crippen LogP contribution in [0.25, 0.3) is 0 Å². The molecule has 0 aromatic rings. The van der Waals surface area contributed by atoms with Gasteiger partial charge in [0.2, 0.25) is 0 Å². The van der Waals surface area contributed by atoms with E-state index in [0.29, 0.717) is 6.42 Å². The number of unbranched alkanes of at least 4 members (excludes halogenated alkanes) is 4. The Kier molecular flexibility index (Phi) is 11.2. The normalized spacial score (nSPS) is 11.0. The van der Waals surface area contributed by atoms with Gasteiger partial charge in [0.25, 0.3) is 0 Å². The first kappa shape index (κ1) is 15.5. The van der Waals surface area contributed by atoms with Crippen LogP contribution in [0.4, 0.5) is 0 Å². The topological polar surface area (TPSA) is 69.2 Å². The molecule has 0 aliphatic rings. The van der Waals surface area contributed by atoms with Crippen LogP contribution in [0.3, 0.4) is 0 Å². The Morgan fingerprint density at radius 1 is 0.917 bits per heavy atom. The summed E-state index contributed by atoms with van der Waals surface area (Å²) >= 11 is 0. The third-order valence-electron chi connectivity index (χ3n) is 1.54. The third kappa shape index (κ3) is 13.7. The molecule has 0 aliphatic heterocycles. The molecule has 3 nitrogen and oxygen atoms in total. The summed E-state index contributed by atoms with van der Waals surface area (Å²) in [4.78, 5) is 30.4. The molecular formula is C7H15MgO3P. The van der Waals surface area contributed by atoms with Crippen molar-refractivity contribution in [1.29, 1.82) is 0 Å². The van der Waals surface area contributed by atoms with Gasteiger partial charge in [-0.2, -0.15) is 7.94 Å². The molecule has 5 heteroatoms. The van der Waals surface area contributed by atoms with Crippen LogP contribution < -0.4 is 14.7 Å². The van der Waals surface area contributed by atoms with Gasteiger partial charge in [-0.3, -0.25) is 0 Å². The van der Waals surface area contributed by atoms with E-state index < -0.39 is 7.94 Å². The van der Waals surface area contributed by atoms with Gasteiger partial charge in [0.05, 0.1) is 0 Å². The summed E-state index contributed by atoms with van der Waals surface area (Å²) in [5, 5.41) is 0. The quantitative estimate of drug-likeness (QED) is 0.329. The SMILES string of the molecule is CCCCCCC[P+]([O-])([O-])[O-].[Mg+2]. The van der Waals surface area contributed by atoms with Gasteiger partial charge < -0.3 is 14.7 Å². The van der Waals surface area contributed by atoms with Crippen molar-refractivity contribution in [1.82, 2.24) is 0 Å². The van der Waals surface area contributed by atoms with Crippen molar-refractivity contribution in [2.45, 2.75) is 39.0 Å². The minimum absolute atomic E-state index is 0. The Bertz CT molecular complexity index is 95.1. The maximum Gasteiger partial charge on any atom is 2.00 e. The zero-order chi connectivity index (χ0) is 8.74. The standard InChI is InChI=1S/C7H17O3P.Mg/c1-2-3-4-5-6-7-11(8,9)10;/h2-7H2,1H3,(H2,8,9,10);/q;+2/p-2. The van der Waals surface area contributed by atoms with Crippen LogP contribution in [0, 0.1) is 0 Å². The fourth-order valence-corrected chi connectivity index (χ4v) is 1.52. The first-order chi connectivity index (χ1) is 5.06. The monoisotopic (exact) mass is 202 g/mol. The van der Waals surface area contributed by atoms with Gasteiger partial charge in [-0.05, 0) is 12.8 Å². The fourth-order valence-electron chi connectivity index (χ4n) is 0.909. The number of hydrogen-bond donors (Lipinski definition) is 0. The fraction of sp³-hybridized carbons (Fsp3) is 1.00. The largest absolute Gasteiger partial charge is 2.00 e. The molecule has 0 aromatic heterocycles. The molecule has 0 saturated carbocycles. The van der Waals surface area contributed by atoms with E-state index in [1.807, 2.05) is 0 Å². The summed E-state index contributed by atoms with van der Waals surface area (Å²) in [7, 11) is -4.21. The molecule has 0 unspecified atom stereocenters. The van der Waals surface area contributed by atoms with Crippen LogP contribution in [-0.2, 0) is 0 Å². The van der Waals surface area contributed by atoms with Crippen molar-refractivity contribution < 1.29 is 14.7 Å². The Labute approximate surface area is 90.9 Å². The second kappa shape index (κ2) is 8.66. The Morgan fingerprint density at radius 2 is 1.42 bits per heavy atom. The van der Waals surface area contributed by atoms with E-state index in [1.165, 1.54) is 0 Å². The number of rotatable bonds is 6. The maximum absolute atomic E-state index is 10.1. The summed E-state index contributed by atoms with van der Waals surface area (Å²) in [5.41, 5.74) is 0. The third-order valence-corrected chi connectivity index (χ3v) is 2.40. The van der Waals surface area contributed by atoms with Crippen molar-refractivity contribution in [3.63, 3.8) is 0 Å². The predicted octanol–water partition coefficient (Wildman–Crippen LogP) is -0.580. The van der Waals surface area contributed by atoms with E-state index in [1.54, 1.807) is 0 Å². The van der Waals surface area contributed by atoms with Gasteiger partial charge in [-0.1, -0.05) is 26.2 Å². The molecule has 0 N–H and O–H groups in total. The minimum atomic E-state index is -4.21. The first-order valence-electron chi connectivity index (χ1n) is 4.07.